The lowest BCUT2D eigenvalue weighted by Crippen LogP contribution is -2.06. The number of pyridine rings is 1. The summed E-state index contributed by atoms with van der Waals surface area (Å²) in [5.41, 5.74) is 10.1. The van der Waals surface area contributed by atoms with E-state index in [-0.39, 0.29) is 5.78 Å². The first-order valence-corrected chi connectivity index (χ1v) is 9.54. The van der Waals surface area contributed by atoms with Crippen LogP contribution < -0.4 is 11.1 Å². The molecule has 0 unspecified atom stereocenters. The lowest BCUT2D eigenvalue weighted by atomic mass is 10.0. The minimum atomic E-state index is 0.0486. The van der Waals surface area contributed by atoms with E-state index in [1.165, 1.54) is 0 Å². The maximum absolute atomic E-state index is 12.7. The smallest absolute Gasteiger partial charge is 0.223 e. The fourth-order valence-corrected chi connectivity index (χ4v) is 3.12. The Morgan fingerprint density at radius 1 is 1.07 bits per heavy atom. The fourth-order valence-electron chi connectivity index (χ4n) is 3.12. The van der Waals surface area contributed by atoms with Crippen molar-refractivity contribution in [3.05, 3.63) is 89.4 Å². The number of ketones is 1. The van der Waals surface area contributed by atoms with E-state index in [1.54, 1.807) is 25.3 Å². The number of nitrogens with two attached hydrogens (primary N) is 1. The molecule has 0 fully saturated rings. The van der Waals surface area contributed by atoms with Gasteiger partial charge < -0.3 is 15.6 Å². The molecule has 0 spiro atoms. The summed E-state index contributed by atoms with van der Waals surface area (Å²) in [7, 11) is 0. The summed E-state index contributed by atoms with van der Waals surface area (Å²) < 4.78 is 5.00. The molecule has 0 saturated carbocycles. The Morgan fingerprint density at radius 2 is 1.87 bits per heavy atom. The van der Waals surface area contributed by atoms with Crippen LogP contribution in [0.1, 0.15) is 27.4 Å². The van der Waals surface area contributed by atoms with Crippen LogP contribution >= 0.6 is 0 Å². The van der Waals surface area contributed by atoms with Gasteiger partial charge in [0, 0.05) is 37.2 Å². The molecule has 0 amide bonds. The van der Waals surface area contributed by atoms with Crippen molar-refractivity contribution in [3.8, 4) is 11.4 Å². The van der Waals surface area contributed by atoms with Gasteiger partial charge in [-0.3, -0.25) is 4.79 Å². The van der Waals surface area contributed by atoms with Crippen LogP contribution in [0.25, 0.3) is 11.4 Å². The van der Waals surface area contributed by atoms with Gasteiger partial charge in [0.15, 0.2) is 5.78 Å². The van der Waals surface area contributed by atoms with E-state index in [2.05, 4.69) is 20.4 Å². The zero-order valence-electron chi connectivity index (χ0n) is 16.5. The van der Waals surface area contributed by atoms with Gasteiger partial charge in [-0.25, -0.2) is 4.98 Å². The number of Topliss-reactive ketones (excluding diaryl/α,β-unsaturated/α-hetero) is 1. The highest BCUT2D eigenvalue weighted by Crippen LogP contribution is 2.19. The van der Waals surface area contributed by atoms with Crippen LogP contribution in [0, 0.1) is 6.92 Å². The highest BCUT2D eigenvalue weighted by Gasteiger charge is 2.10. The molecule has 0 saturated heterocycles. The number of carbonyl (C=O) groups is 1. The topological polar surface area (TPSA) is 107 Å². The molecule has 0 aliphatic heterocycles. The molecule has 0 aliphatic carbocycles. The zero-order valence-corrected chi connectivity index (χ0v) is 16.5. The van der Waals surface area contributed by atoms with E-state index in [0.29, 0.717) is 36.1 Å². The van der Waals surface area contributed by atoms with Gasteiger partial charge in [0.05, 0.1) is 5.69 Å². The monoisotopic (exact) mass is 399 g/mol. The number of benzene rings is 2. The third kappa shape index (κ3) is 4.52. The molecule has 2 heterocycles. The molecule has 2 aromatic heterocycles. The van der Waals surface area contributed by atoms with Gasteiger partial charge in [-0.1, -0.05) is 53.7 Å². The van der Waals surface area contributed by atoms with Crippen molar-refractivity contribution in [2.45, 2.75) is 19.9 Å². The molecule has 150 valence electrons. The molecular formula is C23H21N5O2. The number of aryl methyl sites for hydroxylation is 1. The average molecular weight is 399 g/mol. The van der Waals surface area contributed by atoms with Crippen molar-refractivity contribution in [1.82, 2.24) is 15.1 Å². The zero-order chi connectivity index (χ0) is 20.9. The third-order valence-electron chi connectivity index (χ3n) is 4.67. The molecule has 7 nitrogen and oxygen atoms in total. The van der Waals surface area contributed by atoms with Crippen LogP contribution in [0.5, 0.6) is 0 Å². The van der Waals surface area contributed by atoms with Gasteiger partial charge in [0.1, 0.15) is 5.82 Å². The predicted molar refractivity (Wildman–Crippen MR) is 115 cm³/mol. The van der Waals surface area contributed by atoms with E-state index < -0.39 is 0 Å². The standard InChI is InChI=1S/C23H21N5O2/c1-15-27-23(28-30-15)19-9-7-18(8-10-19)21(29)13-16-4-2-5-17(12-16)14-26-20-6-3-11-25-22(20)24/h2-12,26H,13-14H2,1H3,(H2,24,25). The van der Waals surface area contributed by atoms with Crippen molar-refractivity contribution in [3.63, 3.8) is 0 Å². The van der Waals surface area contributed by atoms with E-state index in [4.69, 9.17) is 10.3 Å². The Balaban J connectivity index is 1.41. The number of nitrogen functional groups attached to an aromatic ring is 1. The number of rotatable bonds is 7. The fraction of sp³-hybridized carbons (Fsp3) is 0.130. The lowest BCUT2D eigenvalue weighted by Gasteiger charge is -2.09. The SMILES string of the molecule is Cc1nc(-c2ccc(C(=O)Cc3cccc(CNc4cccnc4N)c3)cc2)no1. The van der Waals surface area contributed by atoms with Crippen molar-refractivity contribution in [1.29, 1.82) is 0 Å². The molecule has 0 atom stereocenters. The molecule has 0 radical (unpaired) electrons. The highest BCUT2D eigenvalue weighted by atomic mass is 16.5. The lowest BCUT2D eigenvalue weighted by molar-refractivity contribution is 0.0993. The Bertz CT molecular complexity index is 1170. The predicted octanol–water partition coefficient (Wildman–Crippen LogP) is 4.06. The van der Waals surface area contributed by atoms with Crippen LogP contribution in [-0.4, -0.2) is 20.9 Å². The minimum absolute atomic E-state index is 0.0486. The maximum Gasteiger partial charge on any atom is 0.223 e. The molecule has 4 rings (SSSR count). The molecule has 2 aromatic carbocycles. The Morgan fingerprint density at radius 3 is 2.60 bits per heavy atom. The van der Waals surface area contributed by atoms with E-state index >= 15 is 0 Å². The van der Waals surface area contributed by atoms with Crippen LogP contribution in [0.4, 0.5) is 11.5 Å². The van der Waals surface area contributed by atoms with E-state index in [0.717, 1.165) is 22.4 Å². The summed E-state index contributed by atoms with van der Waals surface area (Å²) in [5.74, 6) is 1.53. The quantitative estimate of drug-likeness (QED) is 0.451. The van der Waals surface area contributed by atoms with Crippen molar-refractivity contribution < 1.29 is 9.32 Å². The summed E-state index contributed by atoms with van der Waals surface area (Å²) in [6, 6.07) is 18.9. The molecule has 30 heavy (non-hydrogen) atoms. The second-order valence-corrected chi connectivity index (χ2v) is 6.92. The molecule has 7 heteroatoms. The normalized spacial score (nSPS) is 10.7. The summed E-state index contributed by atoms with van der Waals surface area (Å²) in [6.45, 7) is 2.33. The molecule has 0 bridgehead atoms. The second-order valence-electron chi connectivity index (χ2n) is 6.92. The summed E-state index contributed by atoms with van der Waals surface area (Å²) in [6.07, 6.45) is 1.98. The van der Waals surface area contributed by atoms with Crippen LogP contribution in [0.3, 0.4) is 0 Å². The van der Waals surface area contributed by atoms with Crippen molar-refractivity contribution >= 4 is 17.3 Å². The summed E-state index contributed by atoms with van der Waals surface area (Å²) >= 11 is 0. The number of carbonyl (C=O) groups excluding carboxylic acids is 1. The number of nitrogens with zero attached hydrogens (tertiary/aromatic N) is 3. The first-order valence-electron chi connectivity index (χ1n) is 9.54. The number of aromatic nitrogens is 3. The molecule has 0 aliphatic rings. The first-order chi connectivity index (χ1) is 14.6. The summed E-state index contributed by atoms with van der Waals surface area (Å²) in [4.78, 5) is 21.0. The summed E-state index contributed by atoms with van der Waals surface area (Å²) in [5, 5.41) is 7.17. The number of hydrogen-bond donors (Lipinski definition) is 2. The molecule has 4 aromatic rings. The van der Waals surface area contributed by atoms with Gasteiger partial charge in [-0.05, 0) is 23.3 Å². The van der Waals surface area contributed by atoms with E-state index in [1.807, 2.05) is 48.5 Å². The molecule has 3 N–H and O–H groups in total. The van der Waals surface area contributed by atoms with Gasteiger partial charge in [-0.2, -0.15) is 4.98 Å². The highest BCUT2D eigenvalue weighted by molar-refractivity contribution is 5.97. The van der Waals surface area contributed by atoms with Crippen molar-refractivity contribution in [2.75, 3.05) is 11.1 Å². The van der Waals surface area contributed by atoms with E-state index in [9.17, 15) is 4.79 Å². The van der Waals surface area contributed by atoms with Crippen LogP contribution in [-0.2, 0) is 13.0 Å². The average Bonchev–Trinajstić information content (AvgIpc) is 3.20. The minimum Gasteiger partial charge on any atom is -0.382 e. The van der Waals surface area contributed by atoms with Crippen LogP contribution in [0.2, 0.25) is 0 Å². The number of nitrogens with one attached hydrogen (secondary N) is 1. The first kappa shape index (κ1) is 19.3. The second kappa shape index (κ2) is 8.57. The van der Waals surface area contributed by atoms with Gasteiger partial charge in [-0.15, -0.1) is 0 Å². The molecular weight excluding hydrogens is 378 g/mol. The maximum atomic E-state index is 12.7. The largest absolute Gasteiger partial charge is 0.382 e. The Labute approximate surface area is 174 Å². The van der Waals surface area contributed by atoms with Crippen molar-refractivity contribution in [2.24, 2.45) is 0 Å². The Hall–Kier alpha value is -4.00. The van der Waals surface area contributed by atoms with Crippen LogP contribution in [0.15, 0.2) is 71.4 Å². The Kier molecular flexibility index (Phi) is 5.52. The number of hydrogen-bond acceptors (Lipinski definition) is 7. The third-order valence-corrected chi connectivity index (χ3v) is 4.67. The van der Waals surface area contributed by atoms with Gasteiger partial charge >= 0.3 is 0 Å². The van der Waals surface area contributed by atoms with Gasteiger partial charge in [0.25, 0.3) is 0 Å². The van der Waals surface area contributed by atoms with Gasteiger partial charge in [0.2, 0.25) is 11.7 Å². The number of anilines is 2.